The van der Waals surface area contributed by atoms with Crippen LogP contribution in [0.15, 0.2) is 53.0 Å². The molecule has 2 aromatic carbocycles. The summed E-state index contributed by atoms with van der Waals surface area (Å²) in [6, 6.07) is 15.0. The third-order valence-electron chi connectivity index (χ3n) is 4.54. The van der Waals surface area contributed by atoms with E-state index in [2.05, 4.69) is 20.8 Å². The minimum Gasteiger partial charge on any atom is -0.368 e. The Morgan fingerprint density at radius 1 is 0.962 bits per heavy atom. The highest BCUT2D eigenvalue weighted by molar-refractivity contribution is 9.10. The Bertz CT molecular complexity index is 787. The van der Waals surface area contributed by atoms with Crippen LogP contribution in [-0.4, -0.2) is 42.8 Å². The lowest BCUT2D eigenvalue weighted by Crippen LogP contribution is -2.48. The second-order valence-corrected chi connectivity index (χ2v) is 7.63. The fraction of sp³-hybridized carbons (Fsp3) is 0.300. The number of benzene rings is 2. The quantitative estimate of drug-likeness (QED) is 0.653. The molecule has 3 rings (SSSR count). The molecule has 1 aliphatic heterocycles. The average molecular weight is 436 g/mol. The van der Waals surface area contributed by atoms with Crippen LogP contribution in [0.25, 0.3) is 0 Å². The molecular weight excluding hydrogens is 416 g/mol. The predicted molar refractivity (Wildman–Crippen MR) is 108 cm³/mol. The van der Waals surface area contributed by atoms with Crippen LogP contribution in [-0.2, 0) is 4.79 Å². The summed E-state index contributed by atoms with van der Waals surface area (Å²) in [5, 5.41) is 0.715. The van der Waals surface area contributed by atoms with Crippen LogP contribution >= 0.6 is 27.5 Å². The number of anilines is 1. The molecule has 0 aliphatic carbocycles. The van der Waals surface area contributed by atoms with E-state index in [4.69, 9.17) is 11.6 Å². The summed E-state index contributed by atoms with van der Waals surface area (Å²) in [4.78, 5) is 28.7. The van der Waals surface area contributed by atoms with E-state index in [9.17, 15) is 9.59 Å². The van der Waals surface area contributed by atoms with Gasteiger partial charge in [-0.3, -0.25) is 9.59 Å². The highest BCUT2D eigenvalue weighted by Gasteiger charge is 2.22. The van der Waals surface area contributed by atoms with Crippen molar-refractivity contribution in [1.29, 1.82) is 0 Å². The molecule has 4 nitrogen and oxygen atoms in total. The molecule has 0 radical (unpaired) electrons. The van der Waals surface area contributed by atoms with Gasteiger partial charge < -0.3 is 9.80 Å². The molecule has 0 spiro atoms. The summed E-state index contributed by atoms with van der Waals surface area (Å²) in [6.45, 7) is 2.87. The van der Waals surface area contributed by atoms with E-state index in [0.717, 1.165) is 23.2 Å². The van der Waals surface area contributed by atoms with Gasteiger partial charge in [0, 0.05) is 59.8 Å². The van der Waals surface area contributed by atoms with Gasteiger partial charge in [0.15, 0.2) is 5.78 Å². The minimum atomic E-state index is 0.00316. The number of ketones is 1. The number of amides is 1. The van der Waals surface area contributed by atoms with Crippen molar-refractivity contribution in [3.05, 3.63) is 63.6 Å². The Hall–Kier alpha value is -1.85. The highest BCUT2D eigenvalue weighted by atomic mass is 79.9. The van der Waals surface area contributed by atoms with Crippen molar-refractivity contribution in [3.63, 3.8) is 0 Å². The van der Waals surface area contributed by atoms with Gasteiger partial charge in [0.2, 0.25) is 5.91 Å². The number of Topliss-reactive ketones (excluding diaryl/α,β-unsaturated/α-hetero) is 1. The molecule has 1 fully saturated rings. The van der Waals surface area contributed by atoms with Gasteiger partial charge in [-0.05, 0) is 30.3 Å². The maximum Gasteiger partial charge on any atom is 0.223 e. The third kappa shape index (κ3) is 4.86. The highest BCUT2D eigenvalue weighted by Crippen LogP contribution is 2.21. The van der Waals surface area contributed by atoms with Gasteiger partial charge in [-0.2, -0.15) is 0 Å². The van der Waals surface area contributed by atoms with E-state index in [1.807, 2.05) is 41.3 Å². The minimum absolute atomic E-state index is 0.00316. The average Bonchev–Trinajstić information content (AvgIpc) is 2.66. The summed E-state index contributed by atoms with van der Waals surface area (Å²) in [5.74, 6) is 0.0459. The Kier molecular flexibility index (Phi) is 6.33. The fourth-order valence-electron chi connectivity index (χ4n) is 3.05. The van der Waals surface area contributed by atoms with Crippen LogP contribution < -0.4 is 4.90 Å². The second-order valence-electron chi connectivity index (χ2n) is 6.28. The third-order valence-corrected chi connectivity index (χ3v) is 5.30. The molecule has 1 saturated heterocycles. The van der Waals surface area contributed by atoms with E-state index in [0.29, 0.717) is 23.7 Å². The molecule has 26 heavy (non-hydrogen) atoms. The van der Waals surface area contributed by atoms with E-state index < -0.39 is 0 Å². The van der Waals surface area contributed by atoms with Crippen molar-refractivity contribution in [1.82, 2.24) is 4.90 Å². The Morgan fingerprint density at radius 3 is 2.31 bits per heavy atom. The van der Waals surface area contributed by atoms with Crippen molar-refractivity contribution in [2.24, 2.45) is 0 Å². The van der Waals surface area contributed by atoms with Crippen LogP contribution in [0.2, 0.25) is 5.02 Å². The summed E-state index contributed by atoms with van der Waals surface area (Å²) < 4.78 is 0.933. The first kappa shape index (κ1) is 18.9. The largest absolute Gasteiger partial charge is 0.368 e. The molecule has 0 N–H and O–H groups in total. The number of carbonyl (C=O) groups excluding carboxylic acids is 2. The lowest BCUT2D eigenvalue weighted by molar-refractivity contribution is -0.131. The Morgan fingerprint density at radius 2 is 1.65 bits per heavy atom. The first-order valence-corrected chi connectivity index (χ1v) is 9.77. The zero-order valence-electron chi connectivity index (χ0n) is 14.3. The fourth-order valence-corrected chi connectivity index (χ4v) is 3.49. The standard InChI is InChI=1S/C20H20BrClN2O2/c21-16-6-4-15(5-7-16)19(25)8-9-20(26)24-12-10-23(11-13-24)18-3-1-2-17(22)14-18/h1-7,14H,8-13H2. The zero-order valence-corrected chi connectivity index (χ0v) is 16.7. The van der Waals surface area contributed by atoms with Crippen molar-refractivity contribution >= 4 is 44.9 Å². The molecular formula is C20H20BrClN2O2. The van der Waals surface area contributed by atoms with Crippen molar-refractivity contribution in [3.8, 4) is 0 Å². The normalized spacial score (nSPS) is 14.4. The number of hydrogen-bond donors (Lipinski definition) is 0. The van der Waals surface area contributed by atoms with Crippen LogP contribution in [0.4, 0.5) is 5.69 Å². The van der Waals surface area contributed by atoms with Gasteiger partial charge in [-0.15, -0.1) is 0 Å². The molecule has 6 heteroatoms. The molecule has 1 heterocycles. The van der Waals surface area contributed by atoms with E-state index in [1.165, 1.54) is 0 Å². The number of carbonyl (C=O) groups is 2. The topological polar surface area (TPSA) is 40.6 Å². The van der Waals surface area contributed by atoms with E-state index >= 15 is 0 Å². The van der Waals surface area contributed by atoms with Crippen molar-refractivity contribution in [2.75, 3.05) is 31.1 Å². The summed E-state index contributed by atoms with van der Waals surface area (Å²) in [7, 11) is 0. The molecule has 2 aromatic rings. The zero-order chi connectivity index (χ0) is 18.5. The summed E-state index contributed by atoms with van der Waals surface area (Å²) in [6.07, 6.45) is 0.501. The molecule has 0 bridgehead atoms. The van der Waals surface area contributed by atoms with Gasteiger partial charge >= 0.3 is 0 Å². The summed E-state index contributed by atoms with van der Waals surface area (Å²) >= 11 is 9.40. The molecule has 0 aromatic heterocycles. The Balaban J connectivity index is 1.47. The molecule has 0 unspecified atom stereocenters. The van der Waals surface area contributed by atoms with Gasteiger partial charge in [0.25, 0.3) is 0 Å². The maximum atomic E-state index is 12.4. The number of piperazine rings is 1. The van der Waals surface area contributed by atoms with Crippen LogP contribution in [0, 0.1) is 0 Å². The predicted octanol–water partition coefficient (Wildman–Crippen LogP) is 4.41. The van der Waals surface area contributed by atoms with E-state index in [1.54, 1.807) is 12.1 Å². The van der Waals surface area contributed by atoms with Gasteiger partial charge in [0.05, 0.1) is 0 Å². The van der Waals surface area contributed by atoms with Crippen LogP contribution in [0.3, 0.4) is 0 Å². The maximum absolute atomic E-state index is 12.4. The van der Waals surface area contributed by atoms with Crippen molar-refractivity contribution < 1.29 is 9.59 Å². The number of nitrogens with zero attached hydrogens (tertiary/aromatic N) is 2. The molecule has 1 amide bonds. The molecule has 0 atom stereocenters. The van der Waals surface area contributed by atoms with Crippen molar-refractivity contribution in [2.45, 2.75) is 12.8 Å². The second kappa shape index (κ2) is 8.69. The van der Waals surface area contributed by atoms with Gasteiger partial charge in [-0.1, -0.05) is 45.7 Å². The van der Waals surface area contributed by atoms with E-state index in [-0.39, 0.29) is 24.5 Å². The monoisotopic (exact) mass is 434 g/mol. The summed E-state index contributed by atoms with van der Waals surface area (Å²) in [5.41, 5.74) is 1.72. The smallest absolute Gasteiger partial charge is 0.223 e. The van der Waals surface area contributed by atoms with Crippen LogP contribution in [0.1, 0.15) is 23.2 Å². The first-order valence-electron chi connectivity index (χ1n) is 8.60. The lowest BCUT2D eigenvalue weighted by atomic mass is 10.1. The molecule has 136 valence electrons. The molecule has 1 aliphatic rings. The van der Waals surface area contributed by atoms with Crippen LogP contribution in [0.5, 0.6) is 0 Å². The SMILES string of the molecule is O=C(CCC(=O)N1CCN(c2cccc(Cl)c2)CC1)c1ccc(Br)cc1. The van der Waals surface area contributed by atoms with Gasteiger partial charge in [-0.25, -0.2) is 0 Å². The van der Waals surface area contributed by atoms with Gasteiger partial charge in [0.1, 0.15) is 0 Å². The number of rotatable bonds is 5. The first-order chi connectivity index (χ1) is 12.5. The number of hydrogen-bond acceptors (Lipinski definition) is 3. The molecule has 0 saturated carbocycles. The Labute approximate surface area is 166 Å². The lowest BCUT2D eigenvalue weighted by Gasteiger charge is -2.36. The number of halogens is 2.